The van der Waals surface area contributed by atoms with Gasteiger partial charge in [0.2, 0.25) is 5.91 Å². The summed E-state index contributed by atoms with van der Waals surface area (Å²) in [5.74, 6) is -0.148. The number of halogens is 1. The van der Waals surface area contributed by atoms with E-state index in [1.165, 1.54) is 13.8 Å². The molecule has 0 fully saturated rings. The second-order valence-electron chi connectivity index (χ2n) is 6.95. The molecule has 0 radical (unpaired) electrons. The molecule has 5 nitrogen and oxygen atoms in total. The predicted molar refractivity (Wildman–Crippen MR) is 105 cm³/mol. The molecule has 3 N–H and O–H groups in total. The lowest BCUT2D eigenvalue weighted by Gasteiger charge is -2.46. The molecule has 2 aromatic carbocycles. The Labute approximate surface area is 158 Å². The second-order valence-corrected chi connectivity index (χ2v) is 7.39. The van der Waals surface area contributed by atoms with Gasteiger partial charge in [-0.2, -0.15) is 0 Å². The Morgan fingerprint density at radius 3 is 2.42 bits per heavy atom. The zero-order valence-electron chi connectivity index (χ0n) is 15.0. The fourth-order valence-corrected chi connectivity index (χ4v) is 3.68. The Balaban J connectivity index is 2.08. The highest BCUT2D eigenvalue weighted by Gasteiger charge is 2.41. The number of nitrogens with two attached hydrogens (primary N) is 1. The summed E-state index contributed by atoms with van der Waals surface area (Å²) in [6.45, 7) is 4.87. The number of Topliss-reactive ketones (excluding diaryl/α,β-unsaturated/α-hetero) is 1. The van der Waals surface area contributed by atoms with Crippen LogP contribution in [-0.4, -0.2) is 17.4 Å². The van der Waals surface area contributed by atoms with Crippen molar-refractivity contribution in [3.8, 4) is 0 Å². The van der Waals surface area contributed by atoms with Gasteiger partial charge in [-0.1, -0.05) is 11.6 Å². The number of carbonyl (C=O) groups excluding carboxylic acids is 2. The van der Waals surface area contributed by atoms with Gasteiger partial charge in [-0.3, -0.25) is 14.5 Å². The molecule has 0 saturated carbocycles. The minimum absolute atomic E-state index is 0.0199. The molecule has 1 aliphatic rings. The van der Waals surface area contributed by atoms with E-state index in [-0.39, 0.29) is 17.7 Å². The number of carbonyl (C=O) groups is 2. The molecule has 0 saturated heterocycles. The van der Waals surface area contributed by atoms with E-state index in [0.717, 1.165) is 16.9 Å². The number of nitrogens with zero attached hydrogens (tertiary/aromatic N) is 1. The fraction of sp³-hybridized carbons (Fsp3) is 0.300. The number of rotatable bonds is 3. The van der Waals surface area contributed by atoms with Gasteiger partial charge < -0.3 is 11.1 Å². The third kappa shape index (κ3) is 3.45. The van der Waals surface area contributed by atoms with Crippen molar-refractivity contribution in [3.63, 3.8) is 0 Å². The highest BCUT2D eigenvalue weighted by Crippen LogP contribution is 2.42. The predicted octanol–water partition coefficient (Wildman–Crippen LogP) is 4.13. The maximum absolute atomic E-state index is 12.2. The van der Waals surface area contributed by atoms with Crippen LogP contribution in [0.5, 0.6) is 0 Å². The van der Waals surface area contributed by atoms with Crippen molar-refractivity contribution in [2.24, 2.45) is 5.73 Å². The Bertz CT molecular complexity index is 862. The number of amides is 1. The number of anilines is 2. The van der Waals surface area contributed by atoms with Crippen molar-refractivity contribution < 1.29 is 9.59 Å². The summed E-state index contributed by atoms with van der Waals surface area (Å²) in [7, 11) is 0. The zero-order valence-corrected chi connectivity index (χ0v) is 15.8. The molecule has 2 aromatic rings. The van der Waals surface area contributed by atoms with Gasteiger partial charge in [-0.25, -0.2) is 0 Å². The van der Waals surface area contributed by atoms with Gasteiger partial charge in [0.1, 0.15) is 0 Å². The first-order chi connectivity index (χ1) is 12.2. The van der Waals surface area contributed by atoms with Gasteiger partial charge in [-0.15, -0.1) is 0 Å². The van der Waals surface area contributed by atoms with E-state index in [4.69, 9.17) is 17.3 Å². The molecule has 0 bridgehead atoms. The zero-order chi connectivity index (χ0) is 19.1. The minimum Gasteiger partial charge on any atom is -0.378 e. The van der Waals surface area contributed by atoms with E-state index in [1.54, 1.807) is 17.0 Å². The molecule has 1 heterocycles. The molecule has 2 atom stereocenters. The van der Waals surface area contributed by atoms with E-state index in [9.17, 15) is 9.59 Å². The largest absolute Gasteiger partial charge is 0.378 e. The molecule has 1 aliphatic heterocycles. The molecular formula is C20H22ClN3O2. The van der Waals surface area contributed by atoms with Crippen LogP contribution in [0.4, 0.5) is 11.4 Å². The summed E-state index contributed by atoms with van der Waals surface area (Å²) in [5.41, 5.74) is 8.74. The maximum atomic E-state index is 12.2. The van der Waals surface area contributed by atoms with Crippen molar-refractivity contribution in [2.45, 2.75) is 38.9 Å². The number of benzene rings is 2. The van der Waals surface area contributed by atoms with Crippen LogP contribution in [0.15, 0.2) is 42.5 Å². The third-order valence-corrected chi connectivity index (χ3v) is 4.93. The van der Waals surface area contributed by atoms with E-state index in [2.05, 4.69) is 5.32 Å². The van der Waals surface area contributed by atoms with Crippen molar-refractivity contribution >= 4 is 34.7 Å². The maximum Gasteiger partial charge on any atom is 0.225 e. The molecule has 3 rings (SSSR count). The summed E-state index contributed by atoms with van der Waals surface area (Å²) in [6, 6.07) is 12.6. The molecule has 0 aromatic heterocycles. The summed E-state index contributed by atoms with van der Waals surface area (Å²) in [6.07, 6.45) is 0.504. The summed E-state index contributed by atoms with van der Waals surface area (Å²) in [4.78, 5) is 25.7. The first-order valence-corrected chi connectivity index (χ1v) is 8.83. The van der Waals surface area contributed by atoms with Crippen LogP contribution in [-0.2, 0) is 4.79 Å². The van der Waals surface area contributed by atoms with Crippen LogP contribution in [0.25, 0.3) is 0 Å². The smallest absolute Gasteiger partial charge is 0.225 e. The van der Waals surface area contributed by atoms with Gasteiger partial charge in [-0.05, 0) is 61.9 Å². The van der Waals surface area contributed by atoms with Crippen molar-refractivity contribution in [3.05, 3.63) is 58.6 Å². The Morgan fingerprint density at radius 2 is 1.85 bits per heavy atom. The second kappa shape index (κ2) is 6.74. The minimum atomic E-state index is -0.847. The lowest BCUT2D eigenvalue weighted by Crippen LogP contribution is -2.59. The molecule has 0 spiro atoms. The monoisotopic (exact) mass is 371 g/mol. The highest BCUT2D eigenvalue weighted by atomic mass is 35.5. The van der Waals surface area contributed by atoms with Crippen LogP contribution in [0.3, 0.4) is 0 Å². The molecule has 2 unspecified atom stereocenters. The Hall–Kier alpha value is -2.37. The molecule has 26 heavy (non-hydrogen) atoms. The average Bonchev–Trinajstić information content (AvgIpc) is 2.55. The number of fused-ring (bicyclic) bond motifs is 1. The summed E-state index contributed by atoms with van der Waals surface area (Å²) >= 11 is 5.96. The standard InChI is InChI=1S/C20H22ClN3O2/c1-12(25)14-4-9-19-17(10-14)18(11-20(3,22)24(19)13(2)26)23-16-7-5-15(21)6-8-16/h4-10,18,23H,11,22H2,1-3H3. The summed E-state index contributed by atoms with van der Waals surface area (Å²) in [5, 5.41) is 4.11. The molecular weight excluding hydrogens is 350 g/mol. The van der Waals surface area contributed by atoms with Gasteiger partial charge >= 0.3 is 0 Å². The van der Waals surface area contributed by atoms with E-state index in [0.29, 0.717) is 17.0 Å². The topological polar surface area (TPSA) is 75.4 Å². The van der Waals surface area contributed by atoms with E-state index in [1.807, 2.05) is 37.3 Å². The van der Waals surface area contributed by atoms with Gasteiger partial charge in [0.05, 0.1) is 17.4 Å². The van der Waals surface area contributed by atoms with Crippen LogP contribution < -0.4 is 16.0 Å². The highest BCUT2D eigenvalue weighted by molar-refractivity contribution is 6.30. The van der Waals surface area contributed by atoms with Gasteiger partial charge in [0.25, 0.3) is 0 Å². The van der Waals surface area contributed by atoms with E-state index >= 15 is 0 Å². The number of ketones is 1. The van der Waals surface area contributed by atoms with Crippen LogP contribution >= 0.6 is 11.6 Å². The van der Waals surface area contributed by atoms with Gasteiger partial charge in [0, 0.05) is 29.6 Å². The van der Waals surface area contributed by atoms with E-state index < -0.39 is 5.66 Å². The normalized spacial score (nSPS) is 21.9. The van der Waals surface area contributed by atoms with Crippen LogP contribution in [0, 0.1) is 0 Å². The van der Waals surface area contributed by atoms with Crippen LogP contribution in [0.1, 0.15) is 49.2 Å². The van der Waals surface area contributed by atoms with Crippen molar-refractivity contribution in [1.29, 1.82) is 0 Å². The number of hydrogen-bond acceptors (Lipinski definition) is 4. The molecule has 1 amide bonds. The third-order valence-electron chi connectivity index (χ3n) is 4.68. The number of hydrogen-bond donors (Lipinski definition) is 2. The molecule has 6 heteroatoms. The average molecular weight is 372 g/mol. The first kappa shape index (κ1) is 18.4. The lowest BCUT2D eigenvalue weighted by atomic mass is 9.86. The SMILES string of the molecule is CC(=O)c1ccc2c(c1)C(Nc1ccc(Cl)cc1)CC(C)(N)N2C(C)=O. The fourth-order valence-electron chi connectivity index (χ4n) is 3.55. The quantitative estimate of drug-likeness (QED) is 0.795. The molecule has 0 aliphatic carbocycles. The van der Waals surface area contributed by atoms with Gasteiger partial charge in [0.15, 0.2) is 5.78 Å². The van der Waals surface area contributed by atoms with Crippen molar-refractivity contribution in [1.82, 2.24) is 0 Å². The van der Waals surface area contributed by atoms with Crippen molar-refractivity contribution in [2.75, 3.05) is 10.2 Å². The lowest BCUT2D eigenvalue weighted by molar-refractivity contribution is -0.117. The Kier molecular flexibility index (Phi) is 4.78. The van der Waals surface area contributed by atoms with Crippen LogP contribution in [0.2, 0.25) is 5.02 Å². The first-order valence-electron chi connectivity index (χ1n) is 8.46. The Morgan fingerprint density at radius 1 is 1.19 bits per heavy atom. The summed E-state index contributed by atoms with van der Waals surface area (Å²) < 4.78 is 0. The molecule has 136 valence electrons. The number of nitrogens with one attached hydrogen (secondary N) is 1.